The number of hydrogen-bond donors (Lipinski definition) is 1. The number of rotatable bonds is 9. The summed E-state index contributed by atoms with van der Waals surface area (Å²) in [7, 11) is 0. The summed E-state index contributed by atoms with van der Waals surface area (Å²) in [6, 6.07) is 23.9. The minimum Gasteiger partial charge on any atom is -0.486 e. The van der Waals surface area contributed by atoms with Gasteiger partial charge in [-0.2, -0.15) is 8.78 Å². The van der Waals surface area contributed by atoms with Crippen LogP contribution < -0.4 is 14.8 Å². The summed E-state index contributed by atoms with van der Waals surface area (Å²) in [6.45, 7) is 1.21. The molecule has 0 atom stereocenters. The predicted octanol–water partition coefficient (Wildman–Crippen LogP) is 7.18. The first kappa shape index (κ1) is 24.9. The van der Waals surface area contributed by atoms with Crippen molar-refractivity contribution in [3.8, 4) is 11.5 Å². The Hall–Kier alpha value is -4.20. The van der Waals surface area contributed by atoms with Gasteiger partial charge in [-0.05, 0) is 47.5 Å². The highest BCUT2D eigenvalue weighted by Gasteiger charge is 2.23. The molecule has 1 heterocycles. The van der Waals surface area contributed by atoms with Crippen molar-refractivity contribution in [1.29, 1.82) is 0 Å². The lowest BCUT2D eigenvalue weighted by atomic mass is 9.78. The van der Waals surface area contributed by atoms with Crippen LogP contribution in [-0.4, -0.2) is 12.5 Å². The molecule has 0 saturated carbocycles. The number of carbonyl (C=O) groups excluding carboxylic acids is 1. The number of alkyl halides is 2. The zero-order valence-electron chi connectivity index (χ0n) is 19.6. The standard InChI is InChI=1S/C28H24F3NO4/c1-28(2,18-6-4-3-5-7-18)19-8-11-21(12-9-19)34-17-22-13-15-24(35-22)26(33)32-23-14-10-20(29)16-25(23)36-27(30)31/h3-16,27H,17H2,1-2H3,(H,32,33). The van der Waals surface area contributed by atoms with E-state index in [-0.39, 0.29) is 23.5 Å². The average Bonchev–Trinajstić information content (AvgIpc) is 3.34. The third-order valence-corrected chi connectivity index (χ3v) is 5.75. The van der Waals surface area contributed by atoms with E-state index in [0.29, 0.717) is 11.5 Å². The van der Waals surface area contributed by atoms with Crippen molar-refractivity contribution < 1.29 is 31.9 Å². The smallest absolute Gasteiger partial charge is 0.387 e. The van der Waals surface area contributed by atoms with Crippen molar-refractivity contribution in [2.24, 2.45) is 0 Å². The van der Waals surface area contributed by atoms with Gasteiger partial charge < -0.3 is 19.2 Å². The first-order valence-corrected chi connectivity index (χ1v) is 11.2. The summed E-state index contributed by atoms with van der Waals surface area (Å²) in [5.41, 5.74) is 2.05. The average molecular weight is 495 g/mol. The molecule has 8 heteroatoms. The van der Waals surface area contributed by atoms with Gasteiger partial charge in [0, 0.05) is 11.5 Å². The van der Waals surface area contributed by atoms with E-state index in [1.807, 2.05) is 42.5 Å². The van der Waals surface area contributed by atoms with Crippen LogP contribution >= 0.6 is 0 Å². The van der Waals surface area contributed by atoms with Crippen LogP contribution in [0.2, 0.25) is 0 Å². The Balaban J connectivity index is 1.37. The molecule has 4 rings (SSSR count). The van der Waals surface area contributed by atoms with E-state index in [1.165, 1.54) is 11.6 Å². The van der Waals surface area contributed by atoms with Gasteiger partial charge in [-0.3, -0.25) is 4.79 Å². The molecule has 0 aliphatic heterocycles. The van der Waals surface area contributed by atoms with Crippen molar-refractivity contribution in [2.75, 3.05) is 5.32 Å². The van der Waals surface area contributed by atoms with Crippen LogP contribution in [0.25, 0.3) is 0 Å². The number of anilines is 1. The van der Waals surface area contributed by atoms with Gasteiger partial charge in [-0.1, -0.05) is 56.3 Å². The summed E-state index contributed by atoms with van der Waals surface area (Å²) in [6.07, 6.45) is 0. The Morgan fingerprint density at radius 1 is 0.944 bits per heavy atom. The van der Waals surface area contributed by atoms with Crippen LogP contribution in [0.3, 0.4) is 0 Å². The zero-order valence-corrected chi connectivity index (χ0v) is 19.6. The quantitative estimate of drug-likeness (QED) is 0.267. The minimum atomic E-state index is -3.17. The highest BCUT2D eigenvalue weighted by molar-refractivity contribution is 6.03. The van der Waals surface area contributed by atoms with Crippen LogP contribution in [-0.2, 0) is 12.0 Å². The Labute approximate surface area is 206 Å². The van der Waals surface area contributed by atoms with Crippen LogP contribution in [0.4, 0.5) is 18.9 Å². The molecule has 36 heavy (non-hydrogen) atoms. The van der Waals surface area contributed by atoms with Crippen molar-refractivity contribution in [1.82, 2.24) is 0 Å². The van der Waals surface area contributed by atoms with Gasteiger partial charge in [-0.25, -0.2) is 4.39 Å². The molecule has 0 aliphatic rings. The van der Waals surface area contributed by atoms with E-state index in [0.717, 1.165) is 23.8 Å². The second kappa shape index (κ2) is 10.6. The third kappa shape index (κ3) is 5.89. The van der Waals surface area contributed by atoms with Crippen molar-refractivity contribution in [2.45, 2.75) is 32.5 Å². The van der Waals surface area contributed by atoms with Gasteiger partial charge in [0.05, 0.1) is 5.69 Å². The molecule has 0 aliphatic carbocycles. The predicted molar refractivity (Wildman–Crippen MR) is 129 cm³/mol. The normalized spacial score (nSPS) is 11.4. The lowest BCUT2D eigenvalue weighted by molar-refractivity contribution is -0.0495. The number of benzene rings is 3. The molecule has 5 nitrogen and oxygen atoms in total. The Morgan fingerprint density at radius 2 is 1.64 bits per heavy atom. The van der Waals surface area contributed by atoms with Gasteiger partial charge in [0.25, 0.3) is 5.91 Å². The van der Waals surface area contributed by atoms with E-state index in [1.54, 1.807) is 6.07 Å². The molecule has 0 radical (unpaired) electrons. The first-order valence-electron chi connectivity index (χ1n) is 11.2. The number of halogens is 3. The van der Waals surface area contributed by atoms with Crippen molar-refractivity contribution in [3.05, 3.63) is 113 Å². The van der Waals surface area contributed by atoms with Crippen LogP contribution in [0.5, 0.6) is 11.5 Å². The summed E-state index contributed by atoms with van der Waals surface area (Å²) in [5.74, 6) is -1.03. The van der Waals surface area contributed by atoms with Crippen LogP contribution in [0.1, 0.15) is 41.3 Å². The summed E-state index contributed by atoms with van der Waals surface area (Å²) in [4.78, 5) is 12.5. The first-order chi connectivity index (χ1) is 17.2. The maximum Gasteiger partial charge on any atom is 0.387 e. The van der Waals surface area contributed by atoms with E-state index < -0.39 is 24.1 Å². The Morgan fingerprint density at radius 3 is 2.33 bits per heavy atom. The van der Waals surface area contributed by atoms with E-state index in [4.69, 9.17) is 9.15 Å². The monoisotopic (exact) mass is 495 g/mol. The molecule has 3 aromatic carbocycles. The number of hydrogen-bond acceptors (Lipinski definition) is 4. The van der Waals surface area contributed by atoms with Gasteiger partial charge in [0.15, 0.2) is 11.5 Å². The van der Waals surface area contributed by atoms with Gasteiger partial charge >= 0.3 is 6.61 Å². The van der Waals surface area contributed by atoms with Gasteiger partial charge in [0.2, 0.25) is 0 Å². The number of amides is 1. The summed E-state index contributed by atoms with van der Waals surface area (Å²) in [5, 5.41) is 2.38. The SMILES string of the molecule is CC(C)(c1ccccc1)c1ccc(OCc2ccc(C(=O)Nc3ccc(F)cc3OC(F)F)o2)cc1. The Kier molecular flexibility index (Phi) is 7.33. The molecule has 0 bridgehead atoms. The van der Waals surface area contributed by atoms with E-state index in [9.17, 15) is 18.0 Å². The number of furan rings is 1. The van der Waals surface area contributed by atoms with Crippen LogP contribution in [0, 0.1) is 5.82 Å². The van der Waals surface area contributed by atoms with Gasteiger partial charge in [-0.15, -0.1) is 0 Å². The second-order valence-electron chi connectivity index (χ2n) is 8.54. The Bertz CT molecular complexity index is 1320. The maximum atomic E-state index is 13.4. The molecule has 0 spiro atoms. The topological polar surface area (TPSA) is 60.7 Å². The number of nitrogens with one attached hydrogen (secondary N) is 1. The molecule has 1 N–H and O–H groups in total. The maximum absolute atomic E-state index is 13.4. The molecular formula is C28H24F3NO4. The molecule has 0 saturated heterocycles. The fourth-order valence-electron chi connectivity index (χ4n) is 3.70. The summed E-state index contributed by atoms with van der Waals surface area (Å²) < 4.78 is 54.1. The molecule has 0 fully saturated rings. The van der Waals surface area contributed by atoms with E-state index in [2.05, 4.69) is 36.0 Å². The second-order valence-corrected chi connectivity index (χ2v) is 8.54. The number of ether oxygens (including phenoxy) is 2. The number of carbonyl (C=O) groups is 1. The molecule has 186 valence electrons. The molecular weight excluding hydrogens is 471 g/mol. The molecule has 1 amide bonds. The highest BCUT2D eigenvalue weighted by Crippen LogP contribution is 2.32. The minimum absolute atomic E-state index is 0.0686. The highest BCUT2D eigenvalue weighted by atomic mass is 19.3. The molecule has 0 unspecified atom stereocenters. The lowest BCUT2D eigenvalue weighted by Gasteiger charge is -2.26. The lowest BCUT2D eigenvalue weighted by Crippen LogP contribution is -2.18. The van der Waals surface area contributed by atoms with E-state index >= 15 is 0 Å². The molecule has 1 aromatic heterocycles. The largest absolute Gasteiger partial charge is 0.486 e. The molecule has 4 aromatic rings. The zero-order chi connectivity index (χ0) is 25.7. The van der Waals surface area contributed by atoms with Gasteiger partial charge in [0.1, 0.15) is 23.9 Å². The van der Waals surface area contributed by atoms with Crippen molar-refractivity contribution >= 4 is 11.6 Å². The fraction of sp³-hybridized carbons (Fsp3) is 0.179. The van der Waals surface area contributed by atoms with Crippen LogP contribution in [0.15, 0.2) is 89.3 Å². The summed E-state index contributed by atoms with van der Waals surface area (Å²) >= 11 is 0. The third-order valence-electron chi connectivity index (χ3n) is 5.75. The fourth-order valence-corrected chi connectivity index (χ4v) is 3.70. The van der Waals surface area contributed by atoms with Crippen molar-refractivity contribution in [3.63, 3.8) is 0 Å².